The minimum Gasteiger partial charge on any atom is -0.491 e. The fraction of sp³-hybridized carbons (Fsp3) is 0.353. The average Bonchev–Trinajstić information content (AvgIpc) is 3.15. The molecule has 1 aliphatic heterocycles. The third-order valence-corrected chi connectivity index (χ3v) is 3.96. The Labute approximate surface area is 140 Å². The van der Waals surface area contributed by atoms with E-state index < -0.39 is 0 Å². The van der Waals surface area contributed by atoms with Gasteiger partial charge in [0, 0.05) is 31.6 Å². The number of aromatic nitrogens is 1. The van der Waals surface area contributed by atoms with Gasteiger partial charge in [-0.15, -0.1) is 0 Å². The average molecular weight is 335 g/mol. The Balaban J connectivity index is 1.62. The van der Waals surface area contributed by atoms with Crippen molar-refractivity contribution >= 4 is 23.2 Å². The molecular weight excluding hydrogens is 316 g/mol. The molecule has 0 spiro atoms. The van der Waals surface area contributed by atoms with Crippen molar-refractivity contribution in [3.8, 4) is 5.75 Å². The summed E-state index contributed by atoms with van der Waals surface area (Å²) in [6.07, 6.45) is 3.98. The first kappa shape index (κ1) is 15.9. The Bertz CT molecular complexity index is 693. The Morgan fingerprint density at radius 1 is 1.48 bits per heavy atom. The van der Waals surface area contributed by atoms with E-state index in [-0.39, 0.29) is 12.0 Å². The molecule has 2 heterocycles. The zero-order chi connectivity index (χ0) is 16.2. The van der Waals surface area contributed by atoms with Crippen molar-refractivity contribution < 1.29 is 14.3 Å². The summed E-state index contributed by atoms with van der Waals surface area (Å²) in [6.45, 7) is 1.34. The number of amides is 1. The number of nitrogens with zero attached hydrogens (tertiary/aromatic N) is 1. The molecule has 1 atom stereocenters. The molecule has 6 heteroatoms. The van der Waals surface area contributed by atoms with Gasteiger partial charge in [-0.1, -0.05) is 17.7 Å². The minimum absolute atomic E-state index is 0.166. The van der Waals surface area contributed by atoms with Crippen LogP contribution in [0.4, 0.5) is 5.69 Å². The lowest BCUT2D eigenvalue weighted by molar-refractivity contribution is 0.0680. The number of benzene rings is 1. The van der Waals surface area contributed by atoms with E-state index >= 15 is 0 Å². The van der Waals surface area contributed by atoms with Gasteiger partial charge in [0.15, 0.2) is 0 Å². The van der Waals surface area contributed by atoms with E-state index in [1.165, 1.54) is 0 Å². The molecule has 0 bridgehead atoms. The number of hydrogen-bond donors (Lipinski definition) is 1. The summed E-state index contributed by atoms with van der Waals surface area (Å²) >= 11 is 5.91. The van der Waals surface area contributed by atoms with Crippen LogP contribution in [-0.2, 0) is 11.8 Å². The molecule has 1 aromatic heterocycles. The topological polar surface area (TPSA) is 52.5 Å². The highest BCUT2D eigenvalue weighted by molar-refractivity contribution is 6.31. The molecule has 1 amide bonds. The number of carbonyl (C=O) groups excluding carboxylic acids is 1. The summed E-state index contributed by atoms with van der Waals surface area (Å²) in [6, 6.07) is 8.97. The summed E-state index contributed by atoms with van der Waals surface area (Å²) in [5.74, 6) is 0.499. The summed E-state index contributed by atoms with van der Waals surface area (Å²) < 4.78 is 13.0. The minimum atomic E-state index is -0.212. The maximum absolute atomic E-state index is 12.3. The predicted octanol–water partition coefficient (Wildman–Crippen LogP) is 3.49. The van der Waals surface area contributed by atoms with Gasteiger partial charge < -0.3 is 19.4 Å². The molecule has 2 aromatic rings. The first-order valence-electron chi connectivity index (χ1n) is 7.59. The molecule has 122 valence electrons. The molecule has 0 aliphatic carbocycles. The molecule has 1 N–H and O–H groups in total. The van der Waals surface area contributed by atoms with Gasteiger partial charge in [-0.3, -0.25) is 4.79 Å². The SMILES string of the molecule is Cn1cc(Cl)cc1C(=O)Nc1cccc(OCC2CCCO2)c1. The van der Waals surface area contributed by atoms with Crippen molar-refractivity contribution in [2.75, 3.05) is 18.5 Å². The van der Waals surface area contributed by atoms with E-state index in [0.29, 0.717) is 28.8 Å². The van der Waals surface area contributed by atoms with Gasteiger partial charge in [-0.25, -0.2) is 0 Å². The fourth-order valence-corrected chi connectivity index (χ4v) is 2.82. The molecule has 5 nitrogen and oxygen atoms in total. The van der Waals surface area contributed by atoms with Crippen LogP contribution < -0.4 is 10.1 Å². The number of rotatable bonds is 5. The summed E-state index contributed by atoms with van der Waals surface area (Å²) in [5, 5.41) is 3.38. The first-order valence-corrected chi connectivity index (χ1v) is 7.97. The Kier molecular flexibility index (Phi) is 4.88. The highest BCUT2D eigenvalue weighted by atomic mass is 35.5. The van der Waals surface area contributed by atoms with Crippen LogP contribution in [0.1, 0.15) is 23.3 Å². The summed E-state index contributed by atoms with van der Waals surface area (Å²) in [7, 11) is 1.78. The molecule has 1 aromatic carbocycles. The van der Waals surface area contributed by atoms with Gasteiger partial charge in [0.05, 0.1) is 11.1 Å². The second-order valence-corrected chi connectivity index (χ2v) is 6.02. The third-order valence-electron chi connectivity index (χ3n) is 3.76. The molecule has 1 aliphatic rings. The van der Waals surface area contributed by atoms with E-state index in [2.05, 4.69) is 5.32 Å². The number of anilines is 1. The van der Waals surface area contributed by atoms with Crippen LogP contribution in [-0.4, -0.2) is 29.8 Å². The number of aryl methyl sites for hydroxylation is 1. The van der Waals surface area contributed by atoms with Gasteiger partial charge in [-0.05, 0) is 31.0 Å². The normalized spacial score (nSPS) is 17.2. The molecular formula is C17H19ClN2O3. The monoisotopic (exact) mass is 334 g/mol. The largest absolute Gasteiger partial charge is 0.491 e. The zero-order valence-electron chi connectivity index (χ0n) is 12.9. The van der Waals surface area contributed by atoms with Crippen LogP contribution in [0.5, 0.6) is 5.75 Å². The second kappa shape index (κ2) is 7.06. The van der Waals surface area contributed by atoms with Crippen molar-refractivity contribution in [1.82, 2.24) is 4.57 Å². The lowest BCUT2D eigenvalue weighted by Gasteiger charge is -2.12. The second-order valence-electron chi connectivity index (χ2n) is 5.58. The highest BCUT2D eigenvalue weighted by Crippen LogP contribution is 2.21. The van der Waals surface area contributed by atoms with Crippen molar-refractivity contribution in [2.45, 2.75) is 18.9 Å². The molecule has 1 fully saturated rings. The molecule has 1 unspecified atom stereocenters. The lowest BCUT2D eigenvalue weighted by Crippen LogP contribution is -2.17. The van der Waals surface area contributed by atoms with Gasteiger partial charge in [0.2, 0.25) is 0 Å². The Morgan fingerprint density at radius 3 is 3.04 bits per heavy atom. The molecule has 23 heavy (non-hydrogen) atoms. The van der Waals surface area contributed by atoms with Crippen LogP contribution in [0.2, 0.25) is 5.02 Å². The highest BCUT2D eigenvalue weighted by Gasteiger charge is 2.16. The summed E-state index contributed by atoms with van der Waals surface area (Å²) in [5.41, 5.74) is 1.18. The van der Waals surface area contributed by atoms with E-state index in [1.54, 1.807) is 29.9 Å². The predicted molar refractivity (Wildman–Crippen MR) is 89.3 cm³/mol. The maximum Gasteiger partial charge on any atom is 0.272 e. The van der Waals surface area contributed by atoms with Gasteiger partial charge in [0.25, 0.3) is 5.91 Å². The molecule has 3 rings (SSSR count). The van der Waals surface area contributed by atoms with E-state index in [0.717, 1.165) is 19.4 Å². The first-order chi connectivity index (χ1) is 11.1. The maximum atomic E-state index is 12.3. The quantitative estimate of drug-likeness (QED) is 0.910. The lowest BCUT2D eigenvalue weighted by atomic mass is 10.2. The Hall–Kier alpha value is -1.98. The zero-order valence-corrected chi connectivity index (χ0v) is 13.7. The number of ether oxygens (including phenoxy) is 2. The van der Waals surface area contributed by atoms with Crippen LogP contribution in [0.15, 0.2) is 36.5 Å². The van der Waals surface area contributed by atoms with Crippen LogP contribution in [0.25, 0.3) is 0 Å². The number of hydrogen-bond acceptors (Lipinski definition) is 3. The van der Waals surface area contributed by atoms with Crippen LogP contribution >= 0.6 is 11.6 Å². The van der Waals surface area contributed by atoms with Crippen LogP contribution in [0.3, 0.4) is 0 Å². The number of halogens is 1. The molecule has 0 saturated carbocycles. The summed E-state index contributed by atoms with van der Waals surface area (Å²) in [4.78, 5) is 12.3. The van der Waals surface area contributed by atoms with Gasteiger partial charge in [0.1, 0.15) is 18.1 Å². The van der Waals surface area contributed by atoms with Gasteiger partial charge in [-0.2, -0.15) is 0 Å². The number of carbonyl (C=O) groups is 1. The van der Waals surface area contributed by atoms with Crippen LogP contribution in [0, 0.1) is 0 Å². The Morgan fingerprint density at radius 2 is 2.35 bits per heavy atom. The standard InChI is InChI=1S/C17H19ClN2O3/c1-20-10-12(18)8-16(20)17(21)19-13-4-2-5-14(9-13)23-11-15-6-3-7-22-15/h2,4-5,8-10,15H,3,6-7,11H2,1H3,(H,19,21). The van der Waals surface area contributed by atoms with Crippen molar-refractivity contribution in [1.29, 1.82) is 0 Å². The van der Waals surface area contributed by atoms with Gasteiger partial charge >= 0.3 is 0 Å². The van der Waals surface area contributed by atoms with Crippen molar-refractivity contribution in [3.05, 3.63) is 47.2 Å². The number of nitrogens with one attached hydrogen (secondary N) is 1. The third kappa shape index (κ3) is 4.06. The van der Waals surface area contributed by atoms with E-state index in [1.807, 2.05) is 18.2 Å². The van der Waals surface area contributed by atoms with E-state index in [4.69, 9.17) is 21.1 Å². The van der Waals surface area contributed by atoms with Crippen molar-refractivity contribution in [3.63, 3.8) is 0 Å². The molecule has 0 radical (unpaired) electrons. The van der Waals surface area contributed by atoms with E-state index in [9.17, 15) is 4.79 Å². The molecule has 1 saturated heterocycles. The van der Waals surface area contributed by atoms with Crippen molar-refractivity contribution in [2.24, 2.45) is 7.05 Å². The fourth-order valence-electron chi connectivity index (χ4n) is 2.57. The smallest absolute Gasteiger partial charge is 0.272 e.